The smallest absolute Gasteiger partial charge is 0.413 e. The molecule has 37 heavy (non-hydrogen) atoms. The number of likely N-dealkylation sites (tertiary alicyclic amines) is 1. The molecule has 0 aromatic heterocycles. The monoisotopic (exact) mass is 521 g/mol. The van der Waals surface area contributed by atoms with Crippen LogP contribution >= 0.6 is 0 Å². The fraction of sp³-hybridized carbons (Fsp3) is 0.560. The molecule has 1 aromatic carbocycles. The highest BCUT2D eigenvalue weighted by molar-refractivity contribution is 5.99. The third-order valence-electron chi connectivity index (χ3n) is 6.51. The molecule has 0 radical (unpaired) electrons. The van der Waals surface area contributed by atoms with Gasteiger partial charge in [0.25, 0.3) is 5.91 Å². The number of quaternary nitrogens is 1. The number of amides is 5. The van der Waals surface area contributed by atoms with Crippen LogP contribution in [0.4, 0.5) is 14.9 Å². The number of benzene rings is 1. The molecule has 2 fully saturated rings. The van der Waals surface area contributed by atoms with Crippen molar-refractivity contribution in [2.75, 3.05) is 25.0 Å². The lowest BCUT2D eigenvalue weighted by Crippen LogP contribution is -2.68. The molecule has 0 unspecified atom stereocenters. The lowest BCUT2D eigenvalue weighted by molar-refractivity contribution is -0.762. The van der Waals surface area contributed by atoms with Crippen LogP contribution < -0.4 is 16.0 Å². The van der Waals surface area contributed by atoms with E-state index in [0.717, 1.165) is 6.07 Å². The maximum absolute atomic E-state index is 14.7. The van der Waals surface area contributed by atoms with Crippen LogP contribution in [-0.2, 0) is 23.9 Å². The summed E-state index contributed by atoms with van der Waals surface area (Å²) in [5, 5.41) is 7.67. The third kappa shape index (κ3) is 6.13. The van der Waals surface area contributed by atoms with Gasteiger partial charge in [0.2, 0.25) is 5.91 Å². The number of rotatable bonds is 8. The summed E-state index contributed by atoms with van der Waals surface area (Å²) >= 11 is 0. The Hall–Kier alpha value is -3.38. The van der Waals surface area contributed by atoms with Gasteiger partial charge in [-0.1, -0.05) is 13.8 Å². The molecule has 3 N–H and O–H groups in total. The van der Waals surface area contributed by atoms with Crippen molar-refractivity contribution in [2.24, 2.45) is 5.92 Å². The van der Waals surface area contributed by atoms with E-state index in [1.165, 1.54) is 19.1 Å². The zero-order valence-corrected chi connectivity index (χ0v) is 21.5. The van der Waals surface area contributed by atoms with E-state index >= 15 is 0 Å². The number of carbonyl (C=O) groups is 5. The number of urea groups is 1. The first-order chi connectivity index (χ1) is 17.4. The van der Waals surface area contributed by atoms with E-state index in [4.69, 9.17) is 9.47 Å². The van der Waals surface area contributed by atoms with Crippen LogP contribution in [0.3, 0.4) is 0 Å². The average molecular weight is 522 g/mol. The molecule has 0 bridgehead atoms. The molecule has 202 valence electrons. The Kier molecular flexibility index (Phi) is 8.64. The van der Waals surface area contributed by atoms with E-state index in [1.54, 1.807) is 20.8 Å². The molecule has 2 aliphatic heterocycles. The van der Waals surface area contributed by atoms with Gasteiger partial charge in [-0.15, -0.1) is 0 Å². The van der Waals surface area contributed by atoms with Gasteiger partial charge in [-0.25, -0.2) is 19.3 Å². The van der Waals surface area contributed by atoms with Crippen LogP contribution in [0.2, 0.25) is 0 Å². The quantitative estimate of drug-likeness (QED) is 0.271. The van der Waals surface area contributed by atoms with Gasteiger partial charge < -0.3 is 20.1 Å². The highest BCUT2D eigenvalue weighted by atomic mass is 19.1. The van der Waals surface area contributed by atoms with Crippen molar-refractivity contribution in [3.05, 3.63) is 29.6 Å². The number of carbonyl (C=O) groups excluding carboxylic acids is 5. The van der Waals surface area contributed by atoms with Gasteiger partial charge in [0.1, 0.15) is 11.9 Å². The first-order valence-electron chi connectivity index (χ1n) is 12.4. The fourth-order valence-corrected chi connectivity index (χ4v) is 4.66. The van der Waals surface area contributed by atoms with E-state index in [0.29, 0.717) is 12.8 Å². The number of anilines is 1. The normalized spacial score (nSPS) is 21.3. The number of nitrogens with one attached hydrogen (secondary N) is 3. The molecular weight excluding hydrogens is 487 g/mol. The highest BCUT2D eigenvalue weighted by Crippen LogP contribution is 2.30. The number of halogens is 1. The Labute approximate surface area is 214 Å². The molecule has 2 atom stereocenters. The zero-order valence-electron chi connectivity index (χ0n) is 21.5. The molecule has 5 amide bonds. The highest BCUT2D eigenvalue weighted by Gasteiger charge is 2.55. The van der Waals surface area contributed by atoms with Gasteiger partial charge in [0.15, 0.2) is 0 Å². The average Bonchev–Trinajstić information content (AvgIpc) is 3.44. The Morgan fingerprint density at radius 1 is 1.19 bits per heavy atom. The maximum atomic E-state index is 14.7. The fourth-order valence-electron chi connectivity index (χ4n) is 4.66. The van der Waals surface area contributed by atoms with Gasteiger partial charge in [-0.2, -0.15) is 4.48 Å². The number of hydrogen-bond donors (Lipinski definition) is 3. The van der Waals surface area contributed by atoms with Crippen molar-refractivity contribution in [3.63, 3.8) is 0 Å². The summed E-state index contributed by atoms with van der Waals surface area (Å²) in [4.78, 5) is 63.4. The minimum absolute atomic E-state index is 0.0607. The van der Waals surface area contributed by atoms with E-state index < -0.39 is 57.9 Å². The van der Waals surface area contributed by atoms with Gasteiger partial charge in [-0.05, 0) is 31.0 Å². The van der Waals surface area contributed by atoms with E-state index in [2.05, 4.69) is 16.0 Å². The van der Waals surface area contributed by atoms with Gasteiger partial charge >= 0.3 is 23.8 Å². The second-order valence-electron chi connectivity index (χ2n) is 9.62. The second-order valence-corrected chi connectivity index (χ2v) is 9.62. The molecule has 2 saturated heterocycles. The van der Waals surface area contributed by atoms with Crippen LogP contribution in [-0.4, -0.2) is 65.9 Å². The lowest BCUT2D eigenvalue weighted by atomic mass is 10.0. The van der Waals surface area contributed by atoms with Crippen molar-refractivity contribution in [1.29, 1.82) is 0 Å². The first-order valence-corrected chi connectivity index (χ1v) is 12.4. The van der Waals surface area contributed by atoms with Crippen molar-refractivity contribution in [1.82, 2.24) is 10.6 Å². The minimum Gasteiger partial charge on any atom is -0.413 e. The Bertz CT molecular complexity index is 1090. The lowest BCUT2D eigenvalue weighted by Gasteiger charge is -2.36. The molecule has 2 heterocycles. The molecule has 11 nitrogen and oxygen atoms in total. The van der Waals surface area contributed by atoms with Gasteiger partial charge in [0.05, 0.1) is 31.7 Å². The summed E-state index contributed by atoms with van der Waals surface area (Å²) in [6.07, 6.45) is 1.36. The van der Waals surface area contributed by atoms with E-state index in [1.807, 2.05) is 0 Å². The molecule has 3 rings (SSSR count). The predicted octanol–water partition coefficient (Wildman–Crippen LogP) is 2.41. The van der Waals surface area contributed by atoms with Crippen molar-refractivity contribution in [2.45, 2.75) is 65.3 Å². The largest absolute Gasteiger partial charge is 0.429 e. The zero-order chi connectivity index (χ0) is 27.4. The summed E-state index contributed by atoms with van der Waals surface area (Å²) < 4.78 is 24.9. The van der Waals surface area contributed by atoms with Crippen LogP contribution in [0.15, 0.2) is 18.2 Å². The number of hydrogen-bond acceptors (Lipinski definition) is 7. The molecule has 0 saturated carbocycles. The first kappa shape index (κ1) is 28.2. The molecule has 0 spiro atoms. The van der Waals surface area contributed by atoms with Crippen molar-refractivity contribution >= 4 is 35.4 Å². The Balaban J connectivity index is 1.84. The number of nitrogens with zero attached hydrogens (tertiary/aromatic N) is 1. The maximum Gasteiger partial charge on any atom is 0.429 e. The van der Waals surface area contributed by atoms with Gasteiger partial charge in [-0.3, -0.25) is 14.4 Å². The van der Waals surface area contributed by atoms with Crippen LogP contribution in [0.25, 0.3) is 0 Å². The summed E-state index contributed by atoms with van der Waals surface area (Å²) in [5.74, 6) is -5.23. The Morgan fingerprint density at radius 3 is 2.38 bits per heavy atom. The summed E-state index contributed by atoms with van der Waals surface area (Å²) in [7, 11) is 0. The van der Waals surface area contributed by atoms with E-state index in [9.17, 15) is 28.4 Å². The van der Waals surface area contributed by atoms with Gasteiger partial charge in [0, 0.05) is 31.9 Å². The third-order valence-corrected chi connectivity index (χ3v) is 6.51. The molecule has 1 aromatic rings. The molecule has 12 heteroatoms. The molecule has 0 aliphatic carbocycles. The number of esters is 1. The number of imide groups is 1. The summed E-state index contributed by atoms with van der Waals surface area (Å²) in [6.45, 7) is 6.95. The minimum atomic E-state index is -1.65. The van der Waals surface area contributed by atoms with Crippen LogP contribution in [0, 0.1) is 11.7 Å². The van der Waals surface area contributed by atoms with Crippen molar-refractivity contribution < 1.29 is 42.3 Å². The van der Waals surface area contributed by atoms with Crippen LogP contribution in [0.1, 0.15) is 63.7 Å². The van der Waals surface area contributed by atoms with Crippen LogP contribution in [0.5, 0.6) is 0 Å². The topological polar surface area (TPSA) is 140 Å². The summed E-state index contributed by atoms with van der Waals surface area (Å²) in [6, 6.07) is 1.81. The van der Waals surface area contributed by atoms with Crippen molar-refractivity contribution in [3.8, 4) is 0 Å². The summed E-state index contributed by atoms with van der Waals surface area (Å²) in [5.41, 5.74) is -0.120. The molecule has 2 aliphatic rings. The number of cyclic esters (lactones) is 1. The SMILES string of the molecule is CCO[C@]1(NC(=O)[N+]2(C(=O)[C@@H](NC(=O)c3ccc(NC(C)=O)cc3F)C(C)C)CCCC2)CCC(=O)O1. The van der Waals surface area contributed by atoms with E-state index in [-0.39, 0.29) is 43.8 Å². The standard InChI is InChI=1S/C25H33FN4O7/c1-5-36-25(11-10-20(32)37-25)29-24(35)30(12-6-7-13-30)23(34)21(15(2)3)28-22(33)18-9-8-17(14-19(18)26)27-16(4)31/h8-9,14-15,21H,5-7,10-13H2,1-4H3,(H2-,27,28,29,31,33,35)/p+1/t21-,25+/m0/s1. The molecular formula is C25H34FN4O7+. The Morgan fingerprint density at radius 2 is 1.86 bits per heavy atom. The number of ether oxygens (including phenoxy) is 2. The predicted molar refractivity (Wildman–Crippen MR) is 129 cm³/mol. The second kappa shape index (κ2) is 11.3.